The van der Waals surface area contributed by atoms with Crippen LogP contribution in [0.15, 0.2) is 36.7 Å². The molecule has 0 saturated carbocycles. The van der Waals surface area contributed by atoms with Crippen LogP contribution in [0.3, 0.4) is 0 Å². The number of ether oxygens (including phenoxy) is 2. The lowest BCUT2D eigenvalue weighted by Gasteiger charge is -2.14. The number of H-pyrrole nitrogens is 1. The van der Waals surface area contributed by atoms with Gasteiger partial charge >= 0.3 is 0 Å². The van der Waals surface area contributed by atoms with Crippen molar-refractivity contribution in [3.05, 3.63) is 47.8 Å². The maximum Gasteiger partial charge on any atom is 0.161 e. The van der Waals surface area contributed by atoms with E-state index in [9.17, 15) is 0 Å². The van der Waals surface area contributed by atoms with E-state index in [0.29, 0.717) is 37.6 Å². The number of aliphatic hydroxyl groups excluding tert-OH is 2. The highest BCUT2D eigenvalue weighted by Crippen LogP contribution is 2.44. The van der Waals surface area contributed by atoms with E-state index in [0.717, 1.165) is 40.3 Å². The number of nitrogens with one attached hydrogen (secondary N) is 2. The van der Waals surface area contributed by atoms with E-state index in [4.69, 9.17) is 19.7 Å². The number of rotatable bonds is 10. The number of fused-ring (bicyclic) bond motifs is 3. The predicted molar refractivity (Wildman–Crippen MR) is 109 cm³/mol. The predicted octanol–water partition coefficient (Wildman–Crippen LogP) is 2.64. The maximum atomic E-state index is 9.03. The first-order chi connectivity index (χ1) is 14.3. The summed E-state index contributed by atoms with van der Waals surface area (Å²) >= 11 is 0. The molecule has 4 N–H and O–H groups in total. The van der Waals surface area contributed by atoms with Gasteiger partial charge in [-0.3, -0.25) is 10.1 Å². The second-order valence-electron chi connectivity index (χ2n) is 6.78. The fraction of sp³-hybridized carbons (Fsp3) is 0.333. The summed E-state index contributed by atoms with van der Waals surface area (Å²) in [6, 6.07) is 7.76. The van der Waals surface area contributed by atoms with Gasteiger partial charge in [0.1, 0.15) is 0 Å². The molecule has 8 nitrogen and oxygen atoms in total. The van der Waals surface area contributed by atoms with Crippen molar-refractivity contribution in [1.29, 1.82) is 0 Å². The van der Waals surface area contributed by atoms with Crippen molar-refractivity contribution >= 4 is 11.5 Å². The van der Waals surface area contributed by atoms with Gasteiger partial charge in [-0.25, -0.2) is 0 Å². The van der Waals surface area contributed by atoms with Crippen LogP contribution < -0.4 is 14.8 Å². The van der Waals surface area contributed by atoms with Gasteiger partial charge in [-0.15, -0.1) is 0 Å². The summed E-state index contributed by atoms with van der Waals surface area (Å²) in [7, 11) is 0. The Bertz CT molecular complexity index is 959. The summed E-state index contributed by atoms with van der Waals surface area (Å²) in [6.07, 6.45) is 5.30. The molecule has 0 aliphatic heterocycles. The monoisotopic (exact) mass is 396 g/mol. The highest BCUT2D eigenvalue weighted by atomic mass is 16.5. The Morgan fingerprint density at radius 1 is 1.07 bits per heavy atom. The normalized spacial score (nSPS) is 11.8. The lowest BCUT2D eigenvalue weighted by Crippen LogP contribution is -2.05. The van der Waals surface area contributed by atoms with Crippen molar-refractivity contribution in [2.24, 2.45) is 0 Å². The van der Waals surface area contributed by atoms with E-state index < -0.39 is 0 Å². The molecule has 3 aromatic rings. The summed E-state index contributed by atoms with van der Waals surface area (Å²) < 4.78 is 11.7. The zero-order chi connectivity index (χ0) is 20.1. The molecule has 2 aromatic heterocycles. The minimum Gasteiger partial charge on any atom is -0.490 e. The lowest BCUT2D eigenvalue weighted by molar-refractivity contribution is 0.211. The Morgan fingerprint density at radius 3 is 2.52 bits per heavy atom. The van der Waals surface area contributed by atoms with Crippen molar-refractivity contribution in [2.75, 3.05) is 31.7 Å². The van der Waals surface area contributed by atoms with Crippen LogP contribution in [0.1, 0.15) is 24.0 Å². The van der Waals surface area contributed by atoms with Crippen molar-refractivity contribution < 1.29 is 19.7 Å². The van der Waals surface area contributed by atoms with Crippen molar-refractivity contribution in [2.45, 2.75) is 19.3 Å². The number of anilines is 2. The summed E-state index contributed by atoms with van der Waals surface area (Å²) in [5.41, 5.74) is 5.06. The van der Waals surface area contributed by atoms with E-state index in [1.807, 2.05) is 24.3 Å². The standard InChI is InChI=1S/C21H24N4O4/c26-6-2-8-28-18-11-14-10-17-20(16(14)12-19(18)29-9-3-7-27)24-25-21(17)23-15-4-1-5-22-13-15/h1,4-5,11-13,26-27H,2-3,6-10H2,(H2,23,24,25). The molecular formula is C21H24N4O4. The number of nitrogens with zero attached hydrogens (tertiary/aromatic N) is 2. The van der Waals surface area contributed by atoms with E-state index in [-0.39, 0.29) is 13.2 Å². The number of hydrogen-bond acceptors (Lipinski definition) is 7. The molecular weight excluding hydrogens is 372 g/mol. The third kappa shape index (κ3) is 4.18. The number of hydrogen-bond donors (Lipinski definition) is 4. The second kappa shape index (κ2) is 8.93. The quantitative estimate of drug-likeness (QED) is 0.305. The molecule has 0 unspecified atom stereocenters. The van der Waals surface area contributed by atoms with Crippen molar-refractivity contribution in [3.63, 3.8) is 0 Å². The van der Waals surface area contributed by atoms with E-state index in [2.05, 4.69) is 20.5 Å². The largest absolute Gasteiger partial charge is 0.490 e. The van der Waals surface area contributed by atoms with Crippen LogP contribution >= 0.6 is 0 Å². The van der Waals surface area contributed by atoms with Crippen LogP contribution in [0.5, 0.6) is 11.5 Å². The van der Waals surface area contributed by atoms with E-state index in [1.165, 1.54) is 0 Å². The summed E-state index contributed by atoms with van der Waals surface area (Å²) in [4.78, 5) is 4.12. The zero-order valence-corrected chi connectivity index (χ0v) is 16.0. The Hall–Kier alpha value is -3.10. The third-order valence-electron chi connectivity index (χ3n) is 4.72. The fourth-order valence-electron chi connectivity index (χ4n) is 3.33. The molecule has 1 aromatic carbocycles. The van der Waals surface area contributed by atoms with E-state index in [1.54, 1.807) is 12.4 Å². The molecule has 2 heterocycles. The molecule has 8 heteroatoms. The molecule has 0 radical (unpaired) electrons. The van der Waals surface area contributed by atoms with Gasteiger partial charge in [-0.05, 0) is 29.8 Å². The molecule has 0 saturated heterocycles. The van der Waals surface area contributed by atoms with Crippen LogP contribution in [0.4, 0.5) is 11.5 Å². The molecule has 0 amide bonds. The number of pyridine rings is 1. The molecule has 0 bridgehead atoms. The average Bonchev–Trinajstić information content (AvgIpc) is 3.29. The Morgan fingerprint density at radius 2 is 1.83 bits per heavy atom. The Kier molecular flexibility index (Phi) is 5.92. The SMILES string of the molecule is OCCCOc1cc2c(cc1OCCCO)-c1[nH]nc(Nc3cccnc3)c1C2. The first-order valence-corrected chi connectivity index (χ1v) is 9.69. The van der Waals surface area contributed by atoms with Gasteiger partial charge in [0, 0.05) is 49.8 Å². The average molecular weight is 396 g/mol. The highest BCUT2D eigenvalue weighted by molar-refractivity contribution is 5.81. The van der Waals surface area contributed by atoms with Gasteiger partial charge in [0.25, 0.3) is 0 Å². The molecule has 0 spiro atoms. The molecule has 4 rings (SSSR count). The topological polar surface area (TPSA) is 113 Å². The first-order valence-electron chi connectivity index (χ1n) is 9.69. The molecule has 29 heavy (non-hydrogen) atoms. The van der Waals surface area contributed by atoms with Crippen LogP contribution in [-0.4, -0.2) is 51.8 Å². The van der Waals surface area contributed by atoms with Crippen molar-refractivity contribution in [3.8, 4) is 22.8 Å². The summed E-state index contributed by atoms with van der Waals surface area (Å²) in [5.74, 6) is 2.05. The van der Waals surface area contributed by atoms with E-state index >= 15 is 0 Å². The molecule has 1 aliphatic carbocycles. The fourth-order valence-corrected chi connectivity index (χ4v) is 3.33. The van der Waals surface area contributed by atoms with Gasteiger partial charge in [0.2, 0.25) is 0 Å². The van der Waals surface area contributed by atoms with Crippen molar-refractivity contribution in [1.82, 2.24) is 15.2 Å². The Balaban J connectivity index is 1.60. The molecule has 1 aliphatic rings. The zero-order valence-electron chi connectivity index (χ0n) is 16.0. The van der Waals surface area contributed by atoms with Gasteiger partial charge in [-0.2, -0.15) is 5.10 Å². The number of aromatic amines is 1. The second-order valence-corrected chi connectivity index (χ2v) is 6.78. The molecule has 152 valence electrons. The lowest BCUT2D eigenvalue weighted by atomic mass is 10.1. The number of aliphatic hydroxyl groups is 2. The van der Waals surface area contributed by atoms with Gasteiger partial charge in [0.15, 0.2) is 17.3 Å². The third-order valence-corrected chi connectivity index (χ3v) is 4.72. The minimum absolute atomic E-state index is 0.0692. The smallest absolute Gasteiger partial charge is 0.161 e. The van der Waals surface area contributed by atoms with Crippen LogP contribution in [-0.2, 0) is 6.42 Å². The molecule has 0 fully saturated rings. The maximum absolute atomic E-state index is 9.03. The number of benzene rings is 1. The first kappa shape index (κ1) is 19.2. The Labute approximate surface area is 168 Å². The summed E-state index contributed by atoms with van der Waals surface area (Å²) in [5, 5.41) is 28.9. The minimum atomic E-state index is 0.0692. The molecule has 0 atom stereocenters. The van der Waals surface area contributed by atoms with Gasteiger partial charge in [0.05, 0.1) is 30.8 Å². The van der Waals surface area contributed by atoms with Gasteiger partial charge < -0.3 is 25.0 Å². The van der Waals surface area contributed by atoms with Gasteiger partial charge in [-0.1, -0.05) is 0 Å². The summed E-state index contributed by atoms with van der Waals surface area (Å²) in [6.45, 7) is 0.951. The van der Waals surface area contributed by atoms with Crippen LogP contribution in [0.2, 0.25) is 0 Å². The van der Waals surface area contributed by atoms with Crippen LogP contribution in [0.25, 0.3) is 11.3 Å². The number of aromatic nitrogens is 3. The highest BCUT2D eigenvalue weighted by Gasteiger charge is 2.27. The van der Waals surface area contributed by atoms with Crippen LogP contribution in [0, 0.1) is 0 Å².